The number of carboxylic acid groups (broad SMARTS) is 1. The van der Waals surface area contributed by atoms with Gasteiger partial charge in [-0.25, -0.2) is 0 Å². The summed E-state index contributed by atoms with van der Waals surface area (Å²) in [5.41, 5.74) is 0. The molecule has 0 rings (SSSR count). The molecular weight excluding hydrogens is 204 g/mol. The minimum absolute atomic E-state index is 0.324. The first-order valence-corrected chi connectivity index (χ1v) is 6.93. The lowest BCUT2D eigenvalue weighted by molar-refractivity contribution is -0.137. The van der Waals surface area contributed by atoms with Crippen LogP contribution in [0.15, 0.2) is 0 Å². The van der Waals surface area contributed by atoms with E-state index < -0.39 is 5.97 Å². The predicted octanol–water partition coefficient (Wildman–Crippen LogP) is 3.58. The molecule has 1 N–H and O–H groups in total. The van der Waals surface area contributed by atoms with Gasteiger partial charge in [0.25, 0.3) is 0 Å². The summed E-state index contributed by atoms with van der Waals surface area (Å²) in [6.45, 7) is 2.03. The number of carbonyl (C=O) groups is 1. The van der Waals surface area contributed by atoms with Crippen LogP contribution in [0.25, 0.3) is 0 Å². The zero-order valence-electron chi connectivity index (χ0n) is 7.99. The standard InChI is InChI=1S/C9H17O2S2/c1-2-12-13-8-6-4-3-5-7-9(10)11/h2H,3-8H2,1H3,(H,10,11). The molecule has 0 spiro atoms. The molecule has 0 aliphatic rings. The van der Waals surface area contributed by atoms with E-state index in [1.807, 2.05) is 17.7 Å². The Morgan fingerprint density at radius 1 is 1.31 bits per heavy atom. The Morgan fingerprint density at radius 2 is 2.00 bits per heavy atom. The van der Waals surface area contributed by atoms with Crippen molar-refractivity contribution < 1.29 is 9.90 Å². The summed E-state index contributed by atoms with van der Waals surface area (Å²) >= 11 is 0. The van der Waals surface area contributed by atoms with Crippen LogP contribution in [-0.2, 0) is 4.79 Å². The lowest BCUT2D eigenvalue weighted by Crippen LogP contribution is -1.93. The third-order valence-electron chi connectivity index (χ3n) is 1.53. The molecular formula is C9H17O2S2. The lowest BCUT2D eigenvalue weighted by Gasteiger charge is -1.98. The minimum atomic E-state index is -0.675. The maximum atomic E-state index is 10.2. The maximum absolute atomic E-state index is 10.2. The molecule has 0 amide bonds. The average molecular weight is 221 g/mol. The van der Waals surface area contributed by atoms with E-state index >= 15 is 0 Å². The van der Waals surface area contributed by atoms with Crippen LogP contribution in [0, 0.1) is 5.75 Å². The zero-order chi connectivity index (χ0) is 9.94. The van der Waals surface area contributed by atoms with Crippen molar-refractivity contribution in [2.45, 2.75) is 39.0 Å². The number of rotatable bonds is 9. The van der Waals surface area contributed by atoms with E-state index in [9.17, 15) is 4.79 Å². The van der Waals surface area contributed by atoms with Crippen molar-refractivity contribution in [2.75, 3.05) is 5.75 Å². The van der Waals surface area contributed by atoms with Gasteiger partial charge in [0.05, 0.1) is 0 Å². The van der Waals surface area contributed by atoms with Gasteiger partial charge in [0.15, 0.2) is 0 Å². The molecule has 0 aromatic rings. The van der Waals surface area contributed by atoms with Gasteiger partial charge >= 0.3 is 5.97 Å². The van der Waals surface area contributed by atoms with Gasteiger partial charge in [-0.2, -0.15) is 0 Å². The van der Waals surface area contributed by atoms with Crippen molar-refractivity contribution in [1.82, 2.24) is 0 Å². The van der Waals surface area contributed by atoms with Gasteiger partial charge in [0.2, 0.25) is 0 Å². The molecule has 0 fully saturated rings. The second kappa shape index (κ2) is 10.3. The van der Waals surface area contributed by atoms with E-state index in [1.54, 1.807) is 10.8 Å². The summed E-state index contributed by atoms with van der Waals surface area (Å²) < 4.78 is 0. The Hall–Kier alpha value is 0.170. The molecule has 4 heteroatoms. The molecule has 0 bridgehead atoms. The number of hydrogen-bond donors (Lipinski definition) is 1. The highest BCUT2D eigenvalue weighted by Crippen LogP contribution is 2.24. The molecule has 77 valence electrons. The largest absolute Gasteiger partial charge is 0.481 e. The van der Waals surface area contributed by atoms with E-state index in [-0.39, 0.29) is 0 Å². The molecule has 0 atom stereocenters. The van der Waals surface area contributed by atoms with Crippen LogP contribution in [0.4, 0.5) is 0 Å². The van der Waals surface area contributed by atoms with Crippen LogP contribution in [0.1, 0.15) is 39.0 Å². The highest BCUT2D eigenvalue weighted by molar-refractivity contribution is 8.77. The molecule has 0 saturated carbocycles. The van der Waals surface area contributed by atoms with Crippen molar-refractivity contribution >= 4 is 27.6 Å². The minimum Gasteiger partial charge on any atom is -0.481 e. The van der Waals surface area contributed by atoms with Crippen molar-refractivity contribution in [2.24, 2.45) is 0 Å². The fourth-order valence-electron chi connectivity index (χ4n) is 0.907. The predicted molar refractivity (Wildman–Crippen MR) is 60.7 cm³/mol. The molecule has 0 aliphatic carbocycles. The Bertz CT molecular complexity index is 129. The molecule has 0 unspecified atom stereocenters. The topological polar surface area (TPSA) is 37.3 Å². The first-order chi connectivity index (χ1) is 6.27. The molecule has 0 saturated heterocycles. The Morgan fingerprint density at radius 3 is 2.62 bits per heavy atom. The monoisotopic (exact) mass is 221 g/mol. The Kier molecular flexibility index (Phi) is 10.4. The van der Waals surface area contributed by atoms with Gasteiger partial charge in [-0.05, 0) is 12.8 Å². The average Bonchev–Trinajstić information content (AvgIpc) is 2.09. The van der Waals surface area contributed by atoms with Gasteiger partial charge in [-0.1, -0.05) is 41.4 Å². The summed E-state index contributed by atoms with van der Waals surface area (Å²) in [5.74, 6) is 2.57. The van der Waals surface area contributed by atoms with Crippen LogP contribution in [0.3, 0.4) is 0 Å². The highest BCUT2D eigenvalue weighted by Gasteiger charge is 1.96. The van der Waals surface area contributed by atoms with E-state index in [4.69, 9.17) is 5.11 Å². The van der Waals surface area contributed by atoms with Crippen molar-refractivity contribution in [3.8, 4) is 0 Å². The molecule has 0 aromatic heterocycles. The molecule has 0 aromatic carbocycles. The first-order valence-electron chi connectivity index (χ1n) is 4.55. The summed E-state index contributed by atoms with van der Waals surface area (Å²) in [6.07, 6.45) is 4.56. The second-order valence-corrected chi connectivity index (χ2v) is 5.30. The SMILES string of the molecule is C[CH]SSCCCCCCC(=O)O. The van der Waals surface area contributed by atoms with Crippen LogP contribution in [0.5, 0.6) is 0 Å². The van der Waals surface area contributed by atoms with Gasteiger partial charge < -0.3 is 5.11 Å². The summed E-state index contributed by atoms with van der Waals surface area (Å²) in [4.78, 5) is 10.2. The van der Waals surface area contributed by atoms with Gasteiger partial charge in [0, 0.05) is 17.9 Å². The normalized spacial score (nSPS) is 10.2. The van der Waals surface area contributed by atoms with Crippen LogP contribution in [-0.4, -0.2) is 16.8 Å². The van der Waals surface area contributed by atoms with E-state index in [1.165, 1.54) is 12.2 Å². The number of unbranched alkanes of at least 4 members (excludes halogenated alkanes) is 3. The molecule has 13 heavy (non-hydrogen) atoms. The number of aliphatic carboxylic acids is 1. The first kappa shape index (κ1) is 13.2. The van der Waals surface area contributed by atoms with Crippen molar-refractivity contribution in [3.63, 3.8) is 0 Å². The quantitative estimate of drug-likeness (QED) is 0.477. The summed E-state index contributed by atoms with van der Waals surface area (Å²) in [7, 11) is 3.64. The van der Waals surface area contributed by atoms with Gasteiger partial charge in [-0.15, -0.1) is 0 Å². The summed E-state index contributed by atoms with van der Waals surface area (Å²) in [6, 6.07) is 0. The maximum Gasteiger partial charge on any atom is 0.303 e. The number of carboxylic acids is 1. The molecule has 1 radical (unpaired) electrons. The smallest absolute Gasteiger partial charge is 0.303 e. The third kappa shape index (κ3) is 12.2. The number of hydrogen-bond acceptors (Lipinski definition) is 3. The highest BCUT2D eigenvalue weighted by atomic mass is 33.1. The van der Waals surface area contributed by atoms with Crippen LogP contribution >= 0.6 is 21.6 Å². The zero-order valence-corrected chi connectivity index (χ0v) is 9.62. The molecule has 0 aliphatic heterocycles. The van der Waals surface area contributed by atoms with Gasteiger partial charge in [-0.3, -0.25) is 4.79 Å². The van der Waals surface area contributed by atoms with Crippen molar-refractivity contribution in [3.05, 3.63) is 5.75 Å². The van der Waals surface area contributed by atoms with Gasteiger partial charge in [0.1, 0.15) is 0 Å². The Labute approximate surface area is 88.3 Å². The molecule has 2 nitrogen and oxygen atoms in total. The van der Waals surface area contributed by atoms with E-state index in [0.717, 1.165) is 19.3 Å². The second-order valence-electron chi connectivity index (χ2n) is 2.71. The summed E-state index contributed by atoms with van der Waals surface area (Å²) in [5, 5.41) is 8.37. The fourth-order valence-corrected chi connectivity index (χ4v) is 2.51. The Balaban J connectivity index is 2.87. The third-order valence-corrected chi connectivity index (χ3v) is 3.80. The van der Waals surface area contributed by atoms with E-state index in [0.29, 0.717) is 6.42 Å². The van der Waals surface area contributed by atoms with Crippen LogP contribution < -0.4 is 0 Å². The fraction of sp³-hybridized carbons (Fsp3) is 0.778. The van der Waals surface area contributed by atoms with E-state index in [2.05, 4.69) is 5.75 Å². The molecule has 0 heterocycles. The lowest BCUT2D eigenvalue weighted by atomic mass is 10.2. The van der Waals surface area contributed by atoms with Crippen LogP contribution in [0.2, 0.25) is 0 Å². The van der Waals surface area contributed by atoms with Crippen molar-refractivity contribution in [1.29, 1.82) is 0 Å².